The molecular weight excluding hydrogens is 392 g/mol. The third-order valence-corrected chi connectivity index (χ3v) is 6.49. The first-order valence-electron chi connectivity index (χ1n) is 9.32. The Morgan fingerprint density at radius 1 is 1.11 bits per heavy atom. The summed E-state index contributed by atoms with van der Waals surface area (Å²) in [6, 6.07) is 10.1. The van der Waals surface area contributed by atoms with E-state index in [4.69, 9.17) is 11.6 Å². The number of nitrogens with zero attached hydrogens (tertiary/aromatic N) is 4. The van der Waals surface area contributed by atoms with Crippen LogP contribution in [-0.4, -0.2) is 46.5 Å². The monoisotopic (exact) mass is 414 g/mol. The summed E-state index contributed by atoms with van der Waals surface area (Å²) in [7, 11) is 2.02. The van der Waals surface area contributed by atoms with Crippen molar-refractivity contribution in [3.05, 3.63) is 57.7 Å². The first-order valence-corrected chi connectivity index (χ1v) is 10.6. The molecule has 5 nitrogen and oxygen atoms in total. The fraction of sp³-hybridized carbons (Fsp3) is 0.333. The van der Waals surface area contributed by atoms with Crippen molar-refractivity contribution in [1.82, 2.24) is 14.5 Å². The molecule has 1 fully saturated rings. The quantitative estimate of drug-likeness (QED) is 0.638. The molecule has 0 atom stereocenters. The zero-order valence-corrected chi connectivity index (χ0v) is 17.8. The molecule has 1 aromatic carbocycles. The molecule has 1 amide bonds. The zero-order valence-electron chi connectivity index (χ0n) is 16.3. The Hall–Kier alpha value is -2.31. The molecule has 2 aromatic heterocycles. The third-order valence-electron chi connectivity index (χ3n) is 5.39. The van der Waals surface area contributed by atoms with Gasteiger partial charge in [-0.3, -0.25) is 4.79 Å². The highest BCUT2D eigenvalue weighted by Crippen LogP contribution is 2.27. The van der Waals surface area contributed by atoms with E-state index in [2.05, 4.69) is 40.4 Å². The van der Waals surface area contributed by atoms with Gasteiger partial charge in [0, 0.05) is 55.0 Å². The zero-order chi connectivity index (χ0) is 19.8. The summed E-state index contributed by atoms with van der Waals surface area (Å²) < 4.78 is 2.10. The number of rotatable bonds is 3. The topological polar surface area (TPSA) is 41.4 Å². The Kier molecular flexibility index (Phi) is 5.17. The summed E-state index contributed by atoms with van der Waals surface area (Å²) >= 11 is 7.68. The van der Waals surface area contributed by atoms with Gasteiger partial charge >= 0.3 is 0 Å². The van der Waals surface area contributed by atoms with Gasteiger partial charge in [0.15, 0.2) is 0 Å². The van der Waals surface area contributed by atoms with Crippen molar-refractivity contribution in [3.8, 4) is 10.7 Å². The SMILES string of the molecule is Cc1ccc(Cl)cc1N1CCN(C(=O)c2csc(-c3ccc(C)n3C)n2)CC1. The molecule has 7 heteroatoms. The number of hydrogen-bond donors (Lipinski definition) is 0. The van der Waals surface area contributed by atoms with Gasteiger partial charge in [0.2, 0.25) is 0 Å². The lowest BCUT2D eigenvalue weighted by Crippen LogP contribution is -2.49. The maximum absolute atomic E-state index is 12.9. The Morgan fingerprint density at radius 2 is 1.86 bits per heavy atom. The van der Waals surface area contributed by atoms with Crippen LogP contribution in [0.15, 0.2) is 35.7 Å². The van der Waals surface area contributed by atoms with Crippen molar-refractivity contribution < 1.29 is 4.79 Å². The largest absolute Gasteiger partial charge is 0.368 e. The lowest BCUT2D eigenvalue weighted by molar-refractivity contribution is 0.0742. The summed E-state index contributed by atoms with van der Waals surface area (Å²) in [5.41, 5.74) is 5.10. The summed E-state index contributed by atoms with van der Waals surface area (Å²) in [5.74, 6) is 0.0101. The summed E-state index contributed by atoms with van der Waals surface area (Å²) in [6.45, 7) is 7.10. The molecule has 3 heterocycles. The molecule has 4 rings (SSSR count). The van der Waals surface area contributed by atoms with Gasteiger partial charge in [-0.2, -0.15) is 0 Å². The van der Waals surface area contributed by atoms with Crippen LogP contribution in [-0.2, 0) is 7.05 Å². The molecule has 3 aromatic rings. The van der Waals surface area contributed by atoms with E-state index in [0.717, 1.165) is 34.5 Å². The van der Waals surface area contributed by atoms with Gasteiger partial charge in [0.05, 0.1) is 5.69 Å². The van der Waals surface area contributed by atoms with Crippen molar-refractivity contribution in [2.45, 2.75) is 13.8 Å². The molecule has 0 unspecified atom stereocenters. The highest BCUT2D eigenvalue weighted by molar-refractivity contribution is 7.13. The van der Waals surface area contributed by atoms with Gasteiger partial charge in [0.25, 0.3) is 5.91 Å². The number of benzene rings is 1. The smallest absolute Gasteiger partial charge is 0.273 e. The highest BCUT2D eigenvalue weighted by atomic mass is 35.5. The number of hydrogen-bond acceptors (Lipinski definition) is 4. The minimum absolute atomic E-state index is 0.0101. The van der Waals surface area contributed by atoms with E-state index >= 15 is 0 Å². The number of carbonyl (C=O) groups excluding carboxylic acids is 1. The molecule has 0 aliphatic carbocycles. The van der Waals surface area contributed by atoms with Gasteiger partial charge in [0.1, 0.15) is 10.7 Å². The van der Waals surface area contributed by atoms with Crippen molar-refractivity contribution in [2.24, 2.45) is 7.05 Å². The number of aromatic nitrogens is 2. The average Bonchev–Trinajstić information content (AvgIpc) is 3.31. The van der Waals surface area contributed by atoms with E-state index in [9.17, 15) is 4.79 Å². The van der Waals surface area contributed by atoms with Crippen LogP contribution >= 0.6 is 22.9 Å². The van der Waals surface area contributed by atoms with Crippen molar-refractivity contribution in [1.29, 1.82) is 0 Å². The Balaban J connectivity index is 1.45. The number of carbonyl (C=O) groups is 1. The van der Waals surface area contributed by atoms with Crippen LogP contribution in [0.25, 0.3) is 10.7 Å². The van der Waals surface area contributed by atoms with E-state index in [1.54, 1.807) is 0 Å². The summed E-state index contributed by atoms with van der Waals surface area (Å²) in [6.07, 6.45) is 0. The molecule has 0 N–H and O–H groups in total. The molecule has 0 bridgehead atoms. The number of halogens is 1. The predicted molar refractivity (Wildman–Crippen MR) is 116 cm³/mol. The normalized spacial score (nSPS) is 14.6. The maximum Gasteiger partial charge on any atom is 0.273 e. The van der Waals surface area contributed by atoms with Crippen LogP contribution in [0.4, 0.5) is 5.69 Å². The van der Waals surface area contributed by atoms with Gasteiger partial charge in [-0.25, -0.2) is 4.98 Å². The number of thiazole rings is 1. The van der Waals surface area contributed by atoms with Gasteiger partial charge < -0.3 is 14.4 Å². The van der Waals surface area contributed by atoms with Crippen molar-refractivity contribution >= 4 is 34.5 Å². The molecule has 1 aliphatic rings. The molecule has 0 spiro atoms. The molecular formula is C21H23ClN4OS. The second-order valence-electron chi connectivity index (χ2n) is 7.17. The summed E-state index contributed by atoms with van der Waals surface area (Å²) in [4.78, 5) is 21.7. The van der Waals surface area contributed by atoms with Gasteiger partial charge in [-0.05, 0) is 43.7 Å². The van der Waals surface area contributed by atoms with Crippen molar-refractivity contribution in [2.75, 3.05) is 31.1 Å². The van der Waals surface area contributed by atoms with Gasteiger partial charge in [-0.1, -0.05) is 17.7 Å². The number of piperazine rings is 1. The lowest BCUT2D eigenvalue weighted by atomic mass is 10.1. The van der Waals surface area contributed by atoms with Crippen LogP contribution in [0.1, 0.15) is 21.7 Å². The second-order valence-corrected chi connectivity index (χ2v) is 8.46. The number of amides is 1. The Morgan fingerprint density at radius 3 is 2.54 bits per heavy atom. The van der Waals surface area contributed by atoms with Gasteiger partial charge in [-0.15, -0.1) is 11.3 Å². The fourth-order valence-corrected chi connectivity index (χ4v) is 4.57. The molecule has 1 saturated heterocycles. The van der Waals surface area contributed by atoms with E-state index in [0.29, 0.717) is 18.8 Å². The van der Waals surface area contributed by atoms with Crippen LogP contribution in [0.3, 0.4) is 0 Å². The first kappa shape index (κ1) is 19.0. The second kappa shape index (κ2) is 7.60. The maximum atomic E-state index is 12.9. The van der Waals surface area contributed by atoms with E-state index in [1.165, 1.54) is 22.6 Å². The molecule has 0 saturated carbocycles. The molecule has 28 heavy (non-hydrogen) atoms. The third kappa shape index (κ3) is 3.54. The molecule has 1 aliphatic heterocycles. The standard InChI is InChI=1S/C21H23ClN4OS/c1-14-4-6-16(22)12-19(14)25-8-10-26(11-9-25)21(27)17-13-28-20(23-17)18-7-5-15(2)24(18)3/h4-7,12-13H,8-11H2,1-3H3. The lowest BCUT2D eigenvalue weighted by Gasteiger charge is -2.36. The number of aryl methyl sites for hydroxylation is 2. The fourth-order valence-electron chi connectivity index (χ4n) is 3.55. The Labute approximate surface area is 174 Å². The van der Waals surface area contributed by atoms with E-state index in [1.807, 2.05) is 35.5 Å². The average molecular weight is 415 g/mol. The van der Waals surface area contributed by atoms with Crippen LogP contribution in [0, 0.1) is 13.8 Å². The Bertz CT molecular complexity index is 1020. The predicted octanol–water partition coefficient (Wildman–Crippen LogP) is 4.38. The van der Waals surface area contributed by atoms with Crippen LogP contribution in [0.5, 0.6) is 0 Å². The highest BCUT2D eigenvalue weighted by Gasteiger charge is 2.25. The van der Waals surface area contributed by atoms with Crippen molar-refractivity contribution in [3.63, 3.8) is 0 Å². The molecule has 146 valence electrons. The minimum atomic E-state index is 0.0101. The van der Waals surface area contributed by atoms with E-state index < -0.39 is 0 Å². The summed E-state index contributed by atoms with van der Waals surface area (Å²) in [5, 5.41) is 3.49. The number of anilines is 1. The van der Waals surface area contributed by atoms with Crippen LogP contribution in [0.2, 0.25) is 5.02 Å². The van der Waals surface area contributed by atoms with E-state index in [-0.39, 0.29) is 5.91 Å². The molecule has 0 radical (unpaired) electrons. The van der Waals surface area contributed by atoms with Crippen LogP contribution < -0.4 is 4.90 Å². The first-order chi connectivity index (χ1) is 13.4. The minimum Gasteiger partial charge on any atom is -0.368 e.